The van der Waals surface area contributed by atoms with E-state index in [0.29, 0.717) is 19.4 Å². The first kappa shape index (κ1) is 16.1. The highest BCUT2D eigenvalue weighted by Crippen LogP contribution is 2.48. The van der Waals surface area contributed by atoms with E-state index in [-0.39, 0.29) is 6.61 Å². The van der Waals surface area contributed by atoms with Gasteiger partial charge in [-0.05, 0) is 26.7 Å². The summed E-state index contributed by atoms with van der Waals surface area (Å²) in [7, 11) is -2.82. The molecule has 4 nitrogen and oxygen atoms in total. The summed E-state index contributed by atoms with van der Waals surface area (Å²) < 4.78 is 22.4. The molecule has 0 bridgehead atoms. The van der Waals surface area contributed by atoms with Crippen molar-refractivity contribution in [3.8, 4) is 0 Å². The van der Waals surface area contributed by atoms with Gasteiger partial charge in [0.2, 0.25) is 0 Å². The Labute approximate surface area is 98.9 Å². The summed E-state index contributed by atoms with van der Waals surface area (Å²) >= 11 is 0. The lowest BCUT2D eigenvalue weighted by molar-refractivity contribution is 0.219. The monoisotopic (exact) mass is 252 g/mol. The molecule has 0 aromatic rings. The van der Waals surface area contributed by atoms with Crippen molar-refractivity contribution in [2.24, 2.45) is 0 Å². The maximum atomic E-state index is 12.0. The number of aliphatic hydroxyl groups excluding tert-OH is 1. The van der Waals surface area contributed by atoms with E-state index in [2.05, 4.69) is 0 Å². The first-order chi connectivity index (χ1) is 7.68. The number of hydrogen-bond donors (Lipinski definition) is 1. The second kappa shape index (κ2) is 10.3. The fraction of sp³-hybridized carbons (Fsp3) is 1.00. The first-order valence-corrected chi connectivity index (χ1v) is 7.90. The zero-order valence-corrected chi connectivity index (χ0v) is 11.4. The van der Waals surface area contributed by atoms with E-state index in [1.165, 1.54) is 0 Å². The molecule has 0 aromatic carbocycles. The third-order valence-corrected chi connectivity index (χ3v) is 4.41. The van der Waals surface area contributed by atoms with Crippen LogP contribution in [0.2, 0.25) is 0 Å². The summed E-state index contributed by atoms with van der Waals surface area (Å²) in [6, 6.07) is 0. The van der Waals surface area contributed by atoms with E-state index < -0.39 is 7.60 Å². The van der Waals surface area contributed by atoms with Gasteiger partial charge in [-0.1, -0.05) is 19.3 Å². The largest absolute Gasteiger partial charge is 0.396 e. The molecule has 0 unspecified atom stereocenters. The van der Waals surface area contributed by atoms with Gasteiger partial charge in [-0.25, -0.2) is 0 Å². The Bertz CT molecular complexity index is 186. The summed E-state index contributed by atoms with van der Waals surface area (Å²) in [6.45, 7) is 4.78. The Balaban J connectivity index is 3.64. The summed E-state index contributed by atoms with van der Waals surface area (Å²) in [5, 5.41) is 8.61. The van der Waals surface area contributed by atoms with Crippen LogP contribution in [0, 0.1) is 0 Å². The molecule has 16 heavy (non-hydrogen) atoms. The maximum absolute atomic E-state index is 12.0. The van der Waals surface area contributed by atoms with E-state index in [0.717, 1.165) is 32.1 Å². The molecule has 0 saturated carbocycles. The minimum absolute atomic E-state index is 0.260. The molecule has 0 aromatic heterocycles. The Morgan fingerprint density at radius 1 is 0.938 bits per heavy atom. The van der Waals surface area contributed by atoms with Crippen LogP contribution in [-0.4, -0.2) is 31.1 Å². The van der Waals surface area contributed by atoms with Gasteiger partial charge < -0.3 is 14.2 Å². The molecular weight excluding hydrogens is 227 g/mol. The van der Waals surface area contributed by atoms with Crippen molar-refractivity contribution in [3.05, 3.63) is 0 Å². The minimum Gasteiger partial charge on any atom is -0.396 e. The Morgan fingerprint density at radius 2 is 1.44 bits per heavy atom. The normalized spacial score (nSPS) is 11.9. The molecule has 1 N–H and O–H groups in total. The molecule has 5 heteroatoms. The standard InChI is InChI=1S/C11H25O4P/c1-3-14-16(13,15-4-2)11-9-7-5-6-8-10-12/h12H,3-11H2,1-2H3. The van der Waals surface area contributed by atoms with Gasteiger partial charge in [-0.3, -0.25) is 4.57 Å². The average Bonchev–Trinajstić information content (AvgIpc) is 2.24. The third-order valence-electron chi connectivity index (χ3n) is 2.24. The molecule has 0 heterocycles. The van der Waals surface area contributed by atoms with Crippen LogP contribution in [0.25, 0.3) is 0 Å². The van der Waals surface area contributed by atoms with Crippen molar-refractivity contribution >= 4 is 7.60 Å². The van der Waals surface area contributed by atoms with Crippen LogP contribution in [0.1, 0.15) is 46.0 Å². The van der Waals surface area contributed by atoms with Crippen molar-refractivity contribution in [1.29, 1.82) is 0 Å². The van der Waals surface area contributed by atoms with Crippen LogP contribution >= 0.6 is 7.60 Å². The Morgan fingerprint density at radius 3 is 1.94 bits per heavy atom. The molecule has 0 saturated heterocycles. The second-order valence-electron chi connectivity index (χ2n) is 3.66. The van der Waals surface area contributed by atoms with Crippen LogP contribution in [0.3, 0.4) is 0 Å². The molecule has 0 aliphatic heterocycles. The summed E-state index contributed by atoms with van der Waals surface area (Å²) in [4.78, 5) is 0. The van der Waals surface area contributed by atoms with Crippen LogP contribution in [0.5, 0.6) is 0 Å². The number of aliphatic hydroxyl groups is 1. The average molecular weight is 252 g/mol. The van der Waals surface area contributed by atoms with E-state index in [1.807, 2.05) is 13.8 Å². The fourth-order valence-electron chi connectivity index (χ4n) is 1.51. The molecule has 98 valence electrons. The molecule has 0 rings (SSSR count). The smallest absolute Gasteiger partial charge is 0.330 e. The van der Waals surface area contributed by atoms with Crippen LogP contribution in [-0.2, 0) is 13.6 Å². The van der Waals surface area contributed by atoms with Gasteiger partial charge >= 0.3 is 7.60 Å². The van der Waals surface area contributed by atoms with Crippen LogP contribution < -0.4 is 0 Å². The van der Waals surface area contributed by atoms with Gasteiger partial charge in [0.25, 0.3) is 0 Å². The van der Waals surface area contributed by atoms with Crippen molar-refractivity contribution < 1.29 is 18.7 Å². The van der Waals surface area contributed by atoms with Crippen molar-refractivity contribution in [2.45, 2.75) is 46.0 Å². The van der Waals surface area contributed by atoms with E-state index in [4.69, 9.17) is 14.2 Å². The number of hydrogen-bond acceptors (Lipinski definition) is 4. The fourth-order valence-corrected chi connectivity index (χ4v) is 3.24. The molecule has 0 aliphatic carbocycles. The lowest BCUT2D eigenvalue weighted by atomic mass is 10.2. The second-order valence-corrected chi connectivity index (χ2v) is 5.85. The number of unbranched alkanes of at least 4 members (excludes halogenated alkanes) is 4. The molecule has 0 aliphatic rings. The van der Waals surface area contributed by atoms with Crippen molar-refractivity contribution in [3.63, 3.8) is 0 Å². The van der Waals surface area contributed by atoms with Crippen LogP contribution in [0.15, 0.2) is 0 Å². The van der Waals surface area contributed by atoms with Gasteiger partial charge in [0.05, 0.1) is 19.4 Å². The molecule has 0 radical (unpaired) electrons. The number of rotatable bonds is 11. The summed E-state index contributed by atoms with van der Waals surface area (Å²) in [6.07, 6.45) is 5.35. The molecule has 0 fully saturated rings. The van der Waals surface area contributed by atoms with Crippen molar-refractivity contribution in [2.75, 3.05) is 26.0 Å². The molecule has 0 atom stereocenters. The van der Waals surface area contributed by atoms with E-state index in [9.17, 15) is 4.57 Å². The van der Waals surface area contributed by atoms with Gasteiger partial charge in [0.1, 0.15) is 0 Å². The van der Waals surface area contributed by atoms with Gasteiger partial charge in [-0.2, -0.15) is 0 Å². The predicted molar refractivity (Wildman–Crippen MR) is 65.9 cm³/mol. The van der Waals surface area contributed by atoms with Crippen LogP contribution in [0.4, 0.5) is 0 Å². The summed E-state index contributed by atoms with van der Waals surface area (Å²) in [5.41, 5.74) is 0. The molecule has 0 amide bonds. The first-order valence-electron chi connectivity index (χ1n) is 6.17. The van der Waals surface area contributed by atoms with Gasteiger partial charge in [-0.15, -0.1) is 0 Å². The van der Waals surface area contributed by atoms with E-state index in [1.54, 1.807) is 0 Å². The predicted octanol–water partition coefficient (Wildman–Crippen LogP) is 3.20. The van der Waals surface area contributed by atoms with Crippen molar-refractivity contribution in [1.82, 2.24) is 0 Å². The maximum Gasteiger partial charge on any atom is 0.330 e. The topological polar surface area (TPSA) is 55.8 Å². The quantitative estimate of drug-likeness (QED) is 0.453. The lowest BCUT2D eigenvalue weighted by Crippen LogP contribution is -2.00. The lowest BCUT2D eigenvalue weighted by Gasteiger charge is -2.16. The SMILES string of the molecule is CCOP(=O)(CCCCCCCO)OCC. The zero-order chi connectivity index (χ0) is 12.3. The minimum atomic E-state index is -2.82. The molecular formula is C11H25O4P. The zero-order valence-electron chi connectivity index (χ0n) is 10.5. The Kier molecular flexibility index (Phi) is 10.3. The molecule has 0 spiro atoms. The van der Waals surface area contributed by atoms with Gasteiger partial charge in [0.15, 0.2) is 0 Å². The van der Waals surface area contributed by atoms with E-state index >= 15 is 0 Å². The van der Waals surface area contributed by atoms with Gasteiger partial charge in [0, 0.05) is 6.61 Å². The highest BCUT2D eigenvalue weighted by Gasteiger charge is 2.22. The third kappa shape index (κ3) is 8.28. The summed E-state index contributed by atoms with van der Waals surface area (Å²) in [5.74, 6) is 0. The highest BCUT2D eigenvalue weighted by atomic mass is 31.2. The highest BCUT2D eigenvalue weighted by molar-refractivity contribution is 7.53. The Hall–Kier alpha value is 0.110.